The minimum atomic E-state index is -4.66. The lowest BCUT2D eigenvalue weighted by molar-refractivity contribution is -0.142. The molecule has 1 aliphatic heterocycles. The minimum Gasteiger partial charge on any atom is -0.365 e. The van der Waals surface area contributed by atoms with Crippen LogP contribution in [0.3, 0.4) is 0 Å². The molecule has 4 aromatic rings. The van der Waals surface area contributed by atoms with Crippen molar-refractivity contribution in [1.29, 1.82) is 0 Å². The van der Waals surface area contributed by atoms with Crippen molar-refractivity contribution in [3.63, 3.8) is 0 Å². The van der Waals surface area contributed by atoms with E-state index in [4.69, 9.17) is 0 Å². The van der Waals surface area contributed by atoms with E-state index in [1.54, 1.807) is 35.2 Å². The summed E-state index contributed by atoms with van der Waals surface area (Å²) >= 11 is 0. The van der Waals surface area contributed by atoms with Crippen molar-refractivity contribution in [2.24, 2.45) is 0 Å². The molecule has 1 atom stereocenters. The van der Waals surface area contributed by atoms with E-state index >= 15 is 0 Å². The molecule has 0 radical (unpaired) electrons. The van der Waals surface area contributed by atoms with Gasteiger partial charge < -0.3 is 9.80 Å². The zero-order valence-electron chi connectivity index (χ0n) is 19.3. The number of anilines is 1. The Morgan fingerprint density at radius 2 is 1.80 bits per heavy atom. The molecule has 0 N–H and O–H groups in total. The van der Waals surface area contributed by atoms with Crippen LogP contribution in [0.2, 0.25) is 0 Å². The molecule has 1 saturated heterocycles. The molecular formula is C26H24F3N5O. The van der Waals surface area contributed by atoms with Crippen LogP contribution in [-0.2, 0) is 6.18 Å². The van der Waals surface area contributed by atoms with Gasteiger partial charge in [-0.3, -0.25) is 4.79 Å². The lowest BCUT2D eigenvalue weighted by atomic mass is 10.1. The van der Waals surface area contributed by atoms with Crippen LogP contribution in [-0.4, -0.2) is 51.1 Å². The third-order valence-electron chi connectivity index (χ3n) is 6.31. The number of rotatable bonds is 3. The number of nitrogens with zero attached hydrogens (tertiary/aromatic N) is 5. The van der Waals surface area contributed by atoms with Gasteiger partial charge in [0.1, 0.15) is 5.56 Å². The smallest absolute Gasteiger partial charge is 0.365 e. The normalized spacial score (nSPS) is 16.7. The maximum Gasteiger partial charge on any atom is 0.433 e. The number of hydrogen-bond donors (Lipinski definition) is 0. The number of fused-ring (bicyclic) bond motifs is 1. The average Bonchev–Trinajstić information content (AvgIpc) is 3.26. The van der Waals surface area contributed by atoms with Crippen molar-refractivity contribution in [3.05, 3.63) is 83.7 Å². The molecule has 2 aromatic heterocycles. The van der Waals surface area contributed by atoms with Crippen LogP contribution in [0.5, 0.6) is 0 Å². The Hall–Kier alpha value is -3.88. The van der Waals surface area contributed by atoms with E-state index < -0.39 is 11.9 Å². The van der Waals surface area contributed by atoms with Gasteiger partial charge in [-0.2, -0.15) is 18.3 Å². The summed E-state index contributed by atoms with van der Waals surface area (Å²) in [5.74, 6) is -0.374. The number of carbonyl (C=O) groups is 1. The van der Waals surface area contributed by atoms with Gasteiger partial charge in [-0.1, -0.05) is 42.5 Å². The van der Waals surface area contributed by atoms with Crippen LogP contribution in [0.25, 0.3) is 16.9 Å². The number of aryl methyl sites for hydroxylation is 1. The second-order valence-electron chi connectivity index (χ2n) is 8.82. The predicted molar refractivity (Wildman–Crippen MR) is 127 cm³/mol. The van der Waals surface area contributed by atoms with E-state index in [0.717, 1.165) is 17.3 Å². The van der Waals surface area contributed by atoms with Crippen LogP contribution < -0.4 is 4.90 Å². The molecule has 9 heteroatoms. The number of aromatic nitrogens is 3. The summed E-state index contributed by atoms with van der Waals surface area (Å²) in [6.07, 6.45) is -3.47. The Balaban J connectivity index is 1.49. The summed E-state index contributed by atoms with van der Waals surface area (Å²) in [5.41, 5.74) is 1.89. The Bertz CT molecular complexity index is 1380. The number of benzene rings is 2. The van der Waals surface area contributed by atoms with E-state index in [0.29, 0.717) is 29.7 Å². The molecule has 1 fully saturated rings. The molecule has 2 aromatic carbocycles. The van der Waals surface area contributed by atoms with Gasteiger partial charge in [0.15, 0.2) is 11.3 Å². The SMILES string of the molecule is Cc1cccc(N2CCN(C(=O)c3cnn4c(C(F)(F)F)cc(-c5ccccc5)nc34)C[C@@H]2C)c1. The highest BCUT2D eigenvalue weighted by atomic mass is 19.4. The number of piperazine rings is 1. The fourth-order valence-corrected chi connectivity index (χ4v) is 4.58. The van der Waals surface area contributed by atoms with E-state index in [1.165, 1.54) is 6.20 Å². The van der Waals surface area contributed by atoms with Crippen molar-refractivity contribution >= 4 is 17.2 Å². The number of amides is 1. The maximum atomic E-state index is 13.9. The minimum absolute atomic E-state index is 0.0370. The summed E-state index contributed by atoms with van der Waals surface area (Å²) in [6.45, 7) is 5.57. The zero-order chi connectivity index (χ0) is 24.7. The molecule has 0 saturated carbocycles. The predicted octanol–water partition coefficient (Wildman–Crippen LogP) is 5.07. The van der Waals surface area contributed by atoms with Crippen LogP contribution >= 0.6 is 0 Å². The monoisotopic (exact) mass is 479 g/mol. The van der Waals surface area contributed by atoms with E-state index in [-0.39, 0.29) is 28.9 Å². The Labute approximate surface area is 200 Å². The largest absolute Gasteiger partial charge is 0.433 e. The molecule has 0 aliphatic carbocycles. The number of alkyl halides is 3. The highest BCUT2D eigenvalue weighted by molar-refractivity contribution is 6.00. The molecule has 0 bridgehead atoms. The first kappa shape index (κ1) is 22.9. The third kappa shape index (κ3) is 4.34. The van der Waals surface area contributed by atoms with E-state index in [9.17, 15) is 18.0 Å². The van der Waals surface area contributed by atoms with Gasteiger partial charge in [0.25, 0.3) is 5.91 Å². The van der Waals surface area contributed by atoms with Crippen LogP contribution in [0, 0.1) is 6.92 Å². The number of hydrogen-bond acceptors (Lipinski definition) is 4. The van der Waals surface area contributed by atoms with Gasteiger partial charge in [0.05, 0.1) is 11.9 Å². The summed E-state index contributed by atoms with van der Waals surface area (Å²) in [6, 6.07) is 17.8. The first-order valence-corrected chi connectivity index (χ1v) is 11.4. The molecule has 35 heavy (non-hydrogen) atoms. The lowest BCUT2D eigenvalue weighted by Crippen LogP contribution is -2.53. The highest BCUT2D eigenvalue weighted by Crippen LogP contribution is 2.33. The van der Waals surface area contributed by atoms with Crippen molar-refractivity contribution in [3.8, 4) is 11.3 Å². The van der Waals surface area contributed by atoms with Gasteiger partial charge in [-0.15, -0.1) is 0 Å². The van der Waals surface area contributed by atoms with Crippen LogP contribution in [0.4, 0.5) is 18.9 Å². The number of halogens is 3. The highest BCUT2D eigenvalue weighted by Gasteiger charge is 2.37. The van der Waals surface area contributed by atoms with Crippen molar-refractivity contribution < 1.29 is 18.0 Å². The third-order valence-corrected chi connectivity index (χ3v) is 6.31. The molecule has 0 spiro atoms. The van der Waals surface area contributed by atoms with Crippen LogP contribution in [0.15, 0.2) is 66.9 Å². The van der Waals surface area contributed by atoms with Gasteiger partial charge in [0.2, 0.25) is 0 Å². The van der Waals surface area contributed by atoms with E-state index in [1.807, 2.05) is 32.0 Å². The Morgan fingerprint density at radius 1 is 1.03 bits per heavy atom. The molecule has 6 nitrogen and oxygen atoms in total. The standard InChI is InChI=1S/C26H24F3N5O/c1-17-7-6-10-20(13-17)33-12-11-32(16-18(33)2)25(35)21-15-30-34-23(26(27,28)29)14-22(31-24(21)34)19-8-4-3-5-9-19/h3-10,13-15,18H,11-12,16H2,1-2H3/t18-/m0/s1. The molecule has 3 heterocycles. The topological polar surface area (TPSA) is 53.7 Å². The molecule has 5 rings (SSSR count). The molecule has 180 valence electrons. The van der Waals surface area contributed by atoms with Gasteiger partial charge >= 0.3 is 6.18 Å². The lowest BCUT2D eigenvalue weighted by Gasteiger charge is -2.41. The summed E-state index contributed by atoms with van der Waals surface area (Å²) in [4.78, 5) is 21.8. The maximum absolute atomic E-state index is 13.9. The summed E-state index contributed by atoms with van der Waals surface area (Å²) < 4.78 is 42.3. The van der Waals surface area contributed by atoms with Gasteiger partial charge in [0, 0.05) is 36.9 Å². The van der Waals surface area contributed by atoms with Crippen molar-refractivity contribution in [2.75, 3.05) is 24.5 Å². The number of carbonyl (C=O) groups excluding carboxylic acids is 1. The van der Waals surface area contributed by atoms with Crippen LogP contribution in [0.1, 0.15) is 28.5 Å². The molecular weight excluding hydrogens is 455 g/mol. The van der Waals surface area contributed by atoms with Crippen molar-refractivity contribution in [1.82, 2.24) is 19.5 Å². The summed E-state index contributed by atoms with van der Waals surface area (Å²) in [7, 11) is 0. The quantitative estimate of drug-likeness (QED) is 0.412. The summed E-state index contributed by atoms with van der Waals surface area (Å²) in [5, 5.41) is 3.90. The molecule has 0 unspecified atom stereocenters. The fourth-order valence-electron chi connectivity index (χ4n) is 4.58. The molecule has 1 amide bonds. The molecule has 1 aliphatic rings. The second-order valence-corrected chi connectivity index (χ2v) is 8.82. The fraction of sp³-hybridized carbons (Fsp3) is 0.269. The van der Waals surface area contributed by atoms with Gasteiger partial charge in [-0.25, -0.2) is 9.50 Å². The van der Waals surface area contributed by atoms with Crippen molar-refractivity contribution in [2.45, 2.75) is 26.1 Å². The Morgan fingerprint density at radius 3 is 2.49 bits per heavy atom. The first-order chi connectivity index (χ1) is 16.7. The average molecular weight is 480 g/mol. The van der Waals surface area contributed by atoms with E-state index in [2.05, 4.69) is 21.0 Å². The van der Waals surface area contributed by atoms with Gasteiger partial charge in [-0.05, 0) is 37.6 Å². The first-order valence-electron chi connectivity index (χ1n) is 11.4. The zero-order valence-corrected chi connectivity index (χ0v) is 19.3. The second kappa shape index (κ2) is 8.72. The Kier molecular flexibility index (Phi) is 5.70.